The molecule has 0 unspecified atom stereocenters. The molecule has 2 aromatic carbocycles. The first-order valence-corrected chi connectivity index (χ1v) is 5.81. The van der Waals surface area contributed by atoms with Crippen LogP contribution in [0.1, 0.15) is 11.1 Å². The highest BCUT2D eigenvalue weighted by atomic mass is 35.5. The normalized spacial score (nSPS) is 10.1. The topological polar surface area (TPSA) is 35.8 Å². The van der Waals surface area contributed by atoms with E-state index in [2.05, 4.69) is 5.32 Å². The van der Waals surface area contributed by atoms with Gasteiger partial charge >= 0.3 is 0 Å². The summed E-state index contributed by atoms with van der Waals surface area (Å²) in [4.78, 5) is 0. The third kappa shape index (κ3) is 2.83. The monoisotopic (exact) mass is 278 g/mol. The maximum Gasteiger partial charge on any atom is 0.147 e. The zero-order valence-corrected chi connectivity index (χ0v) is 10.7. The second kappa shape index (κ2) is 5.25. The lowest BCUT2D eigenvalue weighted by Crippen LogP contribution is -1.98. The Labute approximate surface area is 114 Å². The molecular formula is C14H9ClF2N2. The van der Waals surface area contributed by atoms with Gasteiger partial charge in [0.15, 0.2) is 0 Å². The van der Waals surface area contributed by atoms with E-state index in [1.807, 2.05) is 6.07 Å². The van der Waals surface area contributed by atoms with Crippen molar-refractivity contribution >= 4 is 23.0 Å². The molecule has 0 heterocycles. The van der Waals surface area contributed by atoms with Crippen LogP contribution in [-0.2, 0) is 0 Å². The number of hydrogen-bond acceptors (Lipinski definition) is 2. The van der Waals surface area contributed by atoms with Gasteiger partial charge in [0, 0.05) is 11.1 Å². The van der Waals surface area contributed by atoms with Crippen molar-refractivity contribution in [3.8, 4) is 6.07 Å². The quantitative estimate of drug-likeness (QED) is 0.875. The molecule has 2 aromatic rings. The fourth-order valence-corrected chi connectivity index (χ4v) is 1.78. The summed E-state index contributed by atoms with van der Waals surface area (Å²) in [6.07, 6.45) is 0. The Kier molecular flexibility index (Phi) is 3.68. The molecule has 0 spiro atoms. The Balaban J connectivity index is 2.45. The summed E-state index contributed by atoms with van der Waals surface area (Å²) in [6, 6.07) is 8.63. The summed E-state index contributed by atoms with van der Waals surface area (Å²) >= 11 is 5.82. The minimum atomic E-state index is -0.595. The van der Waals surface area contributed by atoms with Crippen LogP contribution in [0.4, 0.5) is 20.2 Å². The van der Waals surface area contributed by atoms with Crippen molar-refractivity contribution in [2.24, 2.45) is 0 Å². The lowest BCUT2D eigenvalue weighted by Gasteiger charge is -2.10. The third-order valence-corrected chi connectivity index (χ3v) is 2.85. The zero-order valence-electron chi connectivity index (χ0n) is 9.97. The van der Waals surface area contributed by atoms with Crippen molar-refractivity contribution in [2.45, 2.75) is 6.92 Å². The van der Waals surface area contributed by atoms with Crippen molar-refractivity contribution in [1.29, 1.82) is 5.26 Å². The van der Waals surface area contributed by atoms with Gasteiger partial charge in [-0.3, -0.25) is 0 Å². The highest BCUT2D eigenvalue weighted by molar-refractivity contribution is 6.30. The Hall–Kier alpha value is -2.12. The predicted octanol–water partition coefficient (Wildman–Crippen LogP) is 4.54. The molecule has 0 fully saturated rings. The van der Waals surface area contributed by atoms with E-state index in [-0.39, 0.29) is 11.3 Å². The summed E-state index contributed by atoms with van der Waals surface area (Å²) < 4.78 is 27.1. The van der Waals surface area contributed by atoms with Crippen LogP contribution in [0, 0.1) is 29.9 Å². The first-order chi connectivity index (χ1) is 9.01. The van der Waals surface area contributed by atoms with E-state index < -0.39 is 11.6 Å². The summed E-state index contributed by atoms with van der Waals surface area (Å²) in [6.45, 7) is 1.47. The summed E-state index contributed by atoms with van der Waals surface area (Å²) in [5.41, 5.74) is 0.804. The molecule has 96 valence electrons. The van der Waals surface area contributed by atoms with Gasteiger partial charge in [0.1, 0.15) is 17.7 Å². The Bertz CT molecular complexity index is 678. The summed E-state index contributed by atoms with van der Waals surface area (Å²) in [5, 5.41) is 12.0. The molecule has 0 saturated heterocycles. The average molecular weight is 279 g/mol. The molecule has 1 N–H and O–H groups in total. The number of halogens is 3. The number of nitrogens with one attached hydrogen (secondary N) is 1. The fourth-order valence-electron chi connectivity index (χ4n) is 1.60. The lowest BCUT2D eigenvalue weighted by molar-refractivity contribution is 0.595. The summed E-state index contributed by atoms with van der Waals surface area (Å²) in [5.74, 6) is -1.12. The van der Waals surface area contributed by atoms with Gasteiger partial charge in [-0.05, 0) is 36.8 Å². The van der Waals surface area contributed by atoms with Crippen molar-refractivity contribution in [2.75, 3.05) is 5.32 Å². The molecule has 0 atom stereocenters. The minimum Gasteiger partial charge on any atom is -0.352 e. The van der Waals surface area contributed by atoms with Crippen LogP contribution in [-0.4, -0.2) is 0 Å². The number of rotatable bonds is 2. The summed E-state index contributed by atoms with van der Waals surface area (Å²) in [7, 11) is 0. The SMILES string of the molecule is Cc1cc(F)c(Nc2cc(Cl)ccc2C#N)cc1F. The Morgan fingerprint density at radius 1 is 1.11 bits per heavy atom. The Morgan fingerprint density at radius 3 is 2.53 bits per heavy atom. The van der Waals surface area contributed by atoms with Gasteiger partial charge < -0.3 is 5.32 Å². The molecule has 19 heavy (non-hydrogen) atoms. The number of anilines is 2. The largest absolute Gasteiger partial charge is 0.352 e. The lowest BCUT2D eigenvalue weighted by atomic mass is 10.1. The van der Waals surface area contributed by atoms with E-state index in [1.54, 1.807) is 6.07 Å². The second-order valence-electron chi connectivity index (χ2n) is 4.01. The van der Waals surface area contributed by atoms with Crippen LogP contribution in [0.3, 0.4) is 0 Å². The van der Waals surface area contributed by atoms with E-state index in [4.69, 9.17) is 16.9 Å². The molecule has 2 nitrogen and oxygen atoms in total. The van der Waals surface area contributed by atoms with E-state index in [0.717, 1.165) is 12.1 Å². The first kappa shape index (κ1) is 13.3. The molecule has 0 radical (unpaired) electrons. The number of benzene rings is 2. The third-order valence-electron chi connectivity index (χ3n) is 2.62. The molecule has 0 aliphatic heterocycles. The van der Waals surface area contributed by atoms with Crippen LogP contribution in [0.2, 0.25) is 5.02 Å². The second-order valence-corrected chi connectivity index (χ2v) is 4.44. The van der Waals surface area contributed by atoms with Crippen LogP contribution >= 0.6 is 11.6 Å². The van der Waals surface area contributed by atoms with Crippen molar-refractivity contribution in [3.05, 3.63) is 58.1 Å². The van der Waals surface area contributed by atoms with Crippen molar-refractivity contribution in [1.82, 2.24) is 0 Å². The van der Waals surface area contributed by atoms with Crippen molar-refractivity contribution in [3.63, 3.8) is 0 Å². The van der Waals surface area contributed by atoms with Gasteiger partial charge in [0.2, 0.25) is 0 Å². The van der Waals surface area contributed by atoms with Gasteiger partial charge in [0.05, 0.1) is 16.9 Å². The molecule has 0 saturated carbocycles. The molecule has 0 amide bonds. The van der Waals surface area contributed by atoms with Gasteiger partial charge in [0.25, 0.3) is 0 Å². The number of nitrogens with zero attached hydrogens (tertiary/aromatic N) is 1. The first-order valence-electron chi connectivity index (χ1n) is 5.43. The standard InChI is InChI=1S/C14H9ClF2N2/c1-8-4-12(17)14(6-11(8)16)19-13-5-10(15)3-2-9(13)7-18/h2-6,19H,1H3. The zero-order chi connectivity index (χ0) is 14.0. The van der Waals surface area contributed by atoms with Crippen LogP contribution in [0.5, 0.6) is 0 Å². The van der Waals surface area contributed by atoms with Gasteiger partial charge in [-0.25, -0.2) is 8.78 Å². The number of aryl methyl sites for hydroxylation is 1. The minimum absolute atomic E-state index is 0.0399. The van der Waals surface area contributed by atoms with E-state index in [0.29, 0.717) is 16.3 Å². The van der Waals surface area contributed by atoms with Crippen LogP contribution < -0.4 is 5.32 Å². The number of nitriles is 1. The molecule has 2 rings (SSSR count). The smallest absolute Gasteiger partial charge is 0.147 e. The highest BCUT2D eigenvalue weighted by Gasteiger charge is 2.10. The highest BCUT2D eigenvalue weighted by Crippen LogP contribution is 2.27. The van der Waals surface area contributed by atoms with Gasteiger partial charge in [-0.15, -0.1) is 0 Å². The fraction of sp³-hybridized carbons (Fsp3) is 0.0714. The van der Waals surface area contributed by atoms with E-state index in [1.165, 1.54) is 19.1 Å². The molecular weight excluding hydrogens is 270 g/mol. The Morgan fingerprint density at radius 2 is 1.84 bits per heavy atom. The maximum absolute atomic E-state index is 13.7. The average Bonchev–Trinajstić information content (AvgIpc) is 2.36. The number of hydrogen-bond donors (Lipinski definition) is 1. The molecule has 0 aliphatic carbocycles. The van der Waals surface area contributed by atoms with Gasteiger partial charge in [-0.2, -0.15) is 5.26 Å². The van der Waals surface area contributed by atoms with Crippen LogP contribution in [0.25, 0.3) is 0 Å². The maximum atomic E-state index is 13.7. The molecule has 0 aromatic heterocycles. The molecule has 0 aliphatic rings. The van der Waals surface area contributed by atoms with E-state index in [9.17, 15) is 8.78 Å². The predicted molar refractivity (Wildman–Crippen MR) is 70.5 cm³/mol. The van der Waals surface area contributed by atoms with Crippen LogP contribution in [0.15, 0.2) is 30.3 Å². The van der Waals surface area contributed by atoms with E-state index >= 15 is 0 Å². The van der Waals surface area contributed by atoms with Gasteiger partial charge in [-0.1, -0.05) is 11.6 Å². The van der Waals surface area contributed by atoms with Crippen molar-refractivity contribution < 1.29 is 8.78 Å². The molecule has 0 bridgehead atoms. The molecule has 5 heteroatoms.